The molecule has 0 bridgehead atoms. The highest BCUT2D eigenvalue weighted by Gasteiger charge is 2.01. The lowest BCUT2D eigenvalue weighted by Crippen LogP contribution is -1.98. The van der Waals surface area contributed by atoms with Gasteiger partial charge in [0.1, 0.15) is 0 Å². The van der Waals surface area contributed by atoms with Crippen molar-refractivity contribution >= 4 is 39.0 Å². The van der Waals surface area contributed by atoms with Gasteiger partial charge in [0.2, 0.25) is 0 Å². The average Bonchev–Trinajstić information content (AvgIpc) is 2.85. The molecule has 2 aromatic carbocycles. The van der Waals surface area contributed by atoms with Gasteiger partial charge in [-0.25, -0.2) is 4.98 Å². The van der Waals surface area contributed by atoms with E-state index in [1.807, 2.05) is 6.92 Å². The van der Waals surface area contributed by atoms with Crippen LogP contribution >= 0.6 is 23.1 Å². The summed E-state index contributed by atoms with van der Waals surface area (Å²) < 4.78 is 1.24. The molecular weight excluding hydrogens is 284 g/mol. The van der Waals surface area contributed by atoms with Gasteiger partial charge in [-0.1, -0.05) is 12.1 Å². The van der Waals surface area contributed by atoms with Crippen molar-refractivity contribution in [2.45, 2.75) is 18.4 Å². The van der Waals surface area contributed by atoms with Crippen molar-refractivity contribution in [2.75, 3.05) is 11.6 Å². The number of anilines is 1. The monoisotopic (exact) mass is 300 g/mol. The van der Waals surface area contributed by atoms with Gasteiger partial charge in [0.05, 0.1) is 15.2 Å². The zero-order valence-corrected chi connectivity index (χ0v) is 13.1. The lowest BCUT2D eigenvalue weighted by Gasteiger charge is -2.07. The highest BCUT2D eigenvalue weighted by Crippen LogP contribution is 2.25. The Labute approximate surface area is 127 Å². The third-order valence-electron chi connectivity index (χ3n) is 3.15. The van der Waals surface area contributed by atoms with E-state index in [0.717, 1.165) is 22.8 Å². The molecule has 3 rings (SSSR count). The van der Waals surface area contributed by atoms with Gasteiger partial charge in [0.15, 0.2) is 0 Å². The van der Waals surface area contributed by atoms with Crippen LogP contribution in [0, 0.1) is 6.92 Å². The predicted octanol–water partition coefficient (Wildman–Crippen LogP) is 4.94. The molecule has 0 saturated heterocycles. The van der Waals surface area contributed by atoms with Gasteiger partial charge in [0, 0.05) is 17.1 Å². The smallest absolute Gasteiger partial charge is 0.0907 e. The lowest BCUT2D eigenvalue weighted by molar-refractivity contribution is 1.14. The third kappa shape index (κ3) is 2.97. The minimum Gasteiger partial charge on any atom is -0.381 e. The summed E-state index contributed by atoms with van der Waals surface area (Å²) in [5.74, 6) is 0. The van der Waals surface area contributed by atoms with Crippen molar-refractivity contribution in [1.82, 2.24) is 4.98 Å². The Bertz CT molecular complexity index is 717. The van der Waals surface area contributed by atoms with Crippen LogP contribution in [0.25, 0.3) is 10.2 Å². The van der Waals surface area contributed by atoms with E-state index in [-0.39, 0.29) is 0 Å². The van der Waals surface area contributed by atoms with Gasteiger partial charge in [-0.3, -0.25) is 0 Å². The summed E-state index contributed by atoms with van der Waals surface area (Å²) in [6.45, 7) is 2.89. The van der Waals surface area contributed by atoms with Crippen molar-refractivity contribution in [2.24, 2.45) is 0 Å². The minimum absolute atomic E-state index is 0.845. The summed E-state index contributed by atoms with van der Waals surface area (Å²) in [5.41, 5.74) is 3.53. The van der Waals surface area contributed by atoms with Crippen LogP contribution in [-0.2, 0) is 6.54 Å². The van der Waals surface area contributed by atoms with Gasteiger partial charge in [-0.2, -0.15) is 0 Å². The molecule has 0 unspecified atom stereocenters. The molecule has 1 heterocycles. The fourth-order valence-electron chi connectivity index (χ4n) is 2.10. The molecule has 1 N–H and O–H groups in total. The van der Waals surface area contributed by atoms with Crippen LogP contribution in [-0.4, -0.2) is 11.2 Å². The fourth-order valence-corrected chi connectivity index (χ4v) is 3.37. The molecule has 3 aromatic rings. The Morgan fingerprint density at radius 3 is 2.70 bits per heavy atom. The summed E-state index contributed by atoms with van der Waals surface area (Å²) in [6, 6.07) is 15.0. The van der Waals surface area contributed by atoms with Crippen LogP contribution in [0.2, 0.25) is 0 Å². The Hall–Kier alpha value is -1.52. The van der Waals surface area contributed by atoms with E-state index in [4.69, 9.17) is 0 Å². The van der Waals surface area contributed by atoms with E-state index in [1.54, 1.807) is 23.1 Å². The SMILES string of the molecule is CSc1ccc(CNc2ccc3nc(C)sc3c2)cc1. The predicted molar refractivity (Wildman–Crippen MR) is 89.9 cm³/mol. The second kappa shape index (κ2) is 5.85. The number of benzene rings is 2. The molecule has 0 radical (unpaired) electrons. The first-order valence-electron chi connectivity index (χ1n) is 6.48. The maximum atomic E-state index is 4.48. The van der Waals surface area contributed by atoms with Gasteiger partial charge >= 0.3 is 0 Å². The number of thiazole rings is 1. The Morgan fingerprint density at radius 1 is 1.15 bits per heavy atom. The summed E-state index contributed by atoms with van der Waals surface area (Å²) >= 11 is 3.51. The van der Waals surface area contributed by atoms with E-state index in [0.29, 0.717) is 0 Å². The fraction of sp³-hybridized carbons (Fsp3) is 0.188. The number of fused-ring (bicyclic) bond motifs is 1. The van der Waals surface area contributed by atoms with Crippen LogP contribution in [0.3, 0.4) is 0 Å². The number of aromatic nitrogens is 1. The maximum absolute atomic E-state index is 4.48. The van der Waals surface area contributed by atoms with Crippen molar-refractivity contribution in [3.8, 4) is 0 Å². The average molecular weight is 300 g/mol. The highest BCUT2D eigenvalue weighted by molar-refractivity contribution is 7.98. The molecule has 0 saturated carbocycles. The molecule has 20 heavy (non-hydrogen) atoms. The number of nitrogens with one attached hydrogen (secondary N) is 1. The van der Waals surface area contributed by atoms with Gasteiger partial charge in [0.25, 0.3) is 0 Å². The number of aryl methyl sites for hydroxylation is 1. The van der Waals surface area contributed by atoms with E-state index >= 15 is 0 Å². The van der Waals surface area contributed by atoms with Crippen molar-refractivity contribution < 1.29 is 0 Å². The van der Waals surface area contributed by atoms with Crippen LogP contribution in [0.1, 0.15) is 10.6 Å². The molecule has 4 heteroatoms. The van der Waals surface area contributed by atoms with E-state index in [2.05, 4.69) is 59.0 Å². The summed E-state index contributed by atoms with van der Waals surface area (Å²) in [6.07, 6.45) is 2.10. The first-order valence-corrected chi connectivity index (χ1v) is 8.53. The highest BCUT2D eigenvalue weighted by atomic mass is 32.2. The summed E-state index contributed by atoms with van der Waals surface area (Å²) in [4.78, 5) is 5.78. The topological polar surface area (TPSA) is 24.9 Å². The van der Waals surface area contributed by atoms with E-state index < -0.39 is 0 Å². The molecule has 0 aliphatic rings. The number of hydrogen-bond donors (Lipinski definition) is 1. The molecule has 0 aliphatic carbocycles. The van der Waals surface area contributed by atoms with Crippen LogP contribution in [0.5, 0.6) is 0 Å². The van der Waals surface area contributed by atoms with Crippen molar-refractivity contribution in [1.29, 1.82) is 0 Å². The van der Waals surface area contributed by atoms with Crippen LogP contribution in [0.4, 0.5) is 5.69 Å². The minimum atomic E-state index is 0.845. The molecule has 2 nitrogen and oxygen atoms in total. The normalized spacial score (nSPS) is 10.9. The summed E-state index contributed by atoms with van der Waals surface area (Å²) in [5, 5.41) is 4.59. The standard InChI is InChI=1S/C16H16N2S2/c1-11-18-15-8-5-13(9-16(15)20-11)17-10-12-3-6-14(19-2)7-4-12/h3-9,17H,10H2,1-2H3. The Balaban J connectivity index is 1.72. The molecule has 0 spiro atoms. The number of thioether (sulfide) groups is 1. The molecule has 0 amide bonds. The molecular formula is C16H16N2S2. The second-order valence-corrected chi connectivity index (χ2v) is 6.73. The van der Waals surface area contributed by atoms with Crippen molar-refractivity contribution in [3.05, 3.63) is 53.0 Å². The lowest BCUT2D eigenvalue weighted by atomic mass is 10.2. The maximum Gasteiger partial charge on any atom is 0.0907 e. The zero-order valence-electron chi connectivity index (χ0n) is 11.5. The first-order chi connectivity index (χ1) is 9.74. The largest absolute Gasteiger partial charge is 0.381 e. The van der Waals surface area contributed by atoms with Gasteiger partial charge in [-0.05, 0) is 49.1 Å². The zero-order chi connectivity index (χ0) is 13.9. The van der Waals surface area contributed by atoms with Crippen LogP contribution < -0.4 is 5.32 Å². The van der Waals surface area contributed by atoms with Crippen molar-refractivity contribution in [3.63, 3.8) is 0 Å². The molecule has 0 fully saturated rings. The van der Waals surface area contributed by atoms with E-state index in [1.165, 1.54) is 15.2 Å². The number of hydrogen-bond acceptors (Lipinski definition) is 4. The Kier molecular flexibility index (Phi) is 3.94. The number of nitrogens with zero attached hydrogens (tertiary/aromatic N) is 1. The quantitative estimate of drug-likeness (QED) is 0.691. The van der Waals surface area contributed by atoms with E-state index in [9.17, 15) is 0 Å². The molecule has 0 atom stereocenters. The second-order valence-electron chi connectivity index (χ2n) is 4.62. The number of rotatable bonds is 4. The molecule has 102 valence electrons. The summed E-state index contributed by atoms with van der Waals surface area (Å²) in [7, 11) is 0. The molecule has 0 aliphatic heterocycles. The first kappa shape index (κ1) is 13.5. The van der Waals surface area contributed by atoms with Gasteiger partial charge in [-0.15, -0.1) is 23.1 Å². The Morgan fingerprint density at radius 2 is 1.95 bits per heavy atom. The van der Waals surface area contributed by atoms with Crippen LogP contribution in [0.15, 0.2) is 47.4 Å². The third-order valence-corrected chi connectivity index (χ3v) is 4.83. The molecule has 1 aromatic heterocycles. The van der Waals surface area contributed by atoms with Gasteiger partial charge < -0.3 is 5.32 Å².